The van der Waals surface area contributed by atoms with E-state index in [-0.39, 0.29) is 16.3 Å². The first kappa shape index (κ1) is 21.2. The van der Waals surface area contributed by atoms with Gasteiger partial charge in [-0.1, -0.05) is 53.5 Å². The topological polar surface area (TPSA) is 42.0 Å². The van der Waals surface area contributed by atoms with Crippen molar-refractivity contribution >= 4 is 45.7 Å². The molecular weight excluding hydrogens is 448 g/mol. The third-order valence-corrected chi connectivity index (χ3v) is 5.22. The minimum absolute atomic E-state index is 0.00219. The van der Waals surface area contributed by atoms with E-state index < -0.39 is 17.6 Å². The number of rotatable bonds is 3. The molecule has 0 bridgehead atoms. The molecule has 0 atom stereocenters. The van der Waals surface area contributed by atoms with Crippen LogP contribution in [0.2, 0.25) is 10.0 Å². The summed E-state index contributed by atoms with van der Waals surface area (Å²) >= 11 is 12.0. The molecule has 1 amide bonds. The molecule has 1 heterocycles. The zero-order valence-corrected chi connectivity index (χ0v) is 17.2. The lowest BCUT2D eigenvalue weighted by molar-refractivity contribution is -0.137. The van der Waals surface area contributed by atoms with Gasteiger partial charge in [-0.25, -0.2) is 4.98 Å². The predicted molar refractivity (Wildman–Crippen MR) is 117 cm³/mol. The number of hydrogen-bond acceptors (Lipinski definition) is 2. The second-order valence-corrected chi connectivity index (χ2v) is 7.57. The first-order valence-electron chi connectivity index (χ1n) is 9.06. The van der Waals surface area contributed by atoms with E-state index in [4.69, 9.17) is 23.2 Å². The number of nitrogens with one attached hydrogen (secondary N) is 1. The van der Waals surface area contributed by atoms with Crippen molar-refractivity contribution in [1.82, 2.24) is 4.98 Å². The number of alkyl halides is 3. The van der Waals surface area contributed by atoms with Crippen molar-refractivity contribution in [3.8, 4) is 11.3 Å². The summed E-state index contributed by atoms with van der Waals surface area (Å²) in [5.74, 6) is -0.602. The van der Waals surface area contributed by atoms with Gasteiger partial charge in [0.15, 0.2) is 0 Å². The van der Waals surface area contributed by atoms with Crippen molar-refractivity contribution in [2.75, 3.05) is 5.32 Å². The Hall–Kier alpha value is -3.09. The Morgan fingerprint density at radius 1 is 0.903 bits per heavy atom. The van der Waals surface area contributed by atoms with Gasteiger partial charge in [-0.15, -0.1) is 0 Å². The highest BCUT2D eigenvalue weighted by molar-refractivity contribution is 6.34. The number of anilines is 1. The lowest BCUT2D eigenvalue weighted by Gasteiger charge is -2.13. The van der Waals surface area contributed by atoms with E-state index in [1.54, 1.807) is 54.6 Å². The largest absolute Gasteiger partial charge is 0.416 e. The number of nitrogens with zero attached hydrogens (tertiary/aromatic N) is 1. The van der Waals surface area contributed by atoms with Gasteiger partial charge in [0.25, 0.3) is 5.91 Å². The lowest BCUT2D eigenvalue weighted by Crippen LogP contribution is -2.14. The first-order chi connectivity index (χ1) is 14.7. The molecule has 4 rings (SSSR count). The van der Waals surface area contributed by atoms with Crippen LogP contribution in [0.5, 0.6) is 0 Å². The highest BCUT2D eigenvalue weighted by Gasteiger charge is 2.31. The summed E-state index contributed by atoms with van der Waals surface area (Å²) < 4.78 is 39.2. The summed E-state index contributed by atoms with van der Waals surface area (Å²) in [5.41, 5.74) is 1.04. The first-order valence-corrected chi connectivity index (χ1v) is 9.82. The Kier molecular flexibility index (Phi) is 5.60. The molecule has 1 N–H and O–H groups in total. The minimum atomic E-state index is -4.56. The summed E-state index contributed by atoms with van der Waals surface area (Å²) in [6.07, 6.45) is -4.56. The molecule has 0 fully saturated rings. The van der Waals surface area contributed by atoms with Gasteiger partial charge in [-0.2, -0.15) is 13.2 Å². The van der Waals surface area contributed by atoms with Crippen LogP contribution in [-0.2, 0) is 6.18 Å². The maximum absolute atomic E-state index is 13.1. The van der Waals surface area contributed by atoms with Crippen LogP contribution in [0.3, 0.4) is 0 Å². The highest BCUT2D eigenvalue weighted by Crippen LogP contribution is 2.34. The van der Waals surface area contributed by atoms with Crippen LogP contribution in [0, 0.1) is 0 Å². The maximum atomic E-state index is 13.1. The van der Waals surface area contributed by atoms with Crippen LogP contribution in [0.25, 0.3) is 22.2 Å². The van der Waals surface area contributed by atoms with E-state index in [0.717, 1.165) is 23.8 Å². The van der Waals surface area contributed by atoms with Crippen molar-refractivity contribution < 1.29 is 18.0 Å². The van der Waals surface area contributed by atoms with E-state index in [2.05, 4.69) is 10.3 Å². The van der Waals surface area contributed by atoms with Gasteiger partial charge < -0.3 is 5.32 Å². The van der Waals surface area contributed by atoms with Crippen molar-refractivity contribution in [3.63, 3.8) is 0 Å². The number of para-hydroxylation sites is 1. The number of carbonyl (C=O) groups excluding carboxylic acids is 1. The third kappa shape index (κ3) is 4.50. The van der Waals surface area contributed by atoms with Crippen LogP contribution in [-0.4, -0.2) is 10.9 Å². The second-order valence-electron chi connectivity index (χ2n) is 6.73. The van der Waals surface area contributed by atoms with Gasteiger partial charge in [-0.3, -0.25) is 4.79 Å². The summed E-state index contributed by atoms with van der Waals surface area (Å²) in [5, 5.41) is 3.61. The lowest BCUT2D eigenvalue weighted by atomic mass is 10.0. The summed E-state index contributed by atoms with van der Waals surface area (Å²) in [6.45, 7) is 0. The van der Waals surface area contributed by atoms with Crippen LogP contribution in [0.1, 0.15) is 15.9 Å². The average Bonchev–Trinajstić information content (AvgIpc) is 2.74. The van der Waals surface area contributed by atoms with Gasteiger partial charge in [0.2, 0.25) is 0 Å². The fourth-order valence-corrected chi connectivity index (χ4v) is 3.41. The quantitative estimate of drug-likeness (QED) is 0.344. The molecule has 31 heavy (non-hydrogen) atoms. The average molecular weight is 461 g/mol. The summed E-state index contributed by atoms with van der Waals surface area (Å²) in [6, 6.07) is 18.3. The van der Waals surface area contributed by atoms with Gasteiger partial charge in [0.05, 0.1) is 33.0 Å². The van der Waals surface area contributed by atoms with E-state index >= 15 is 0 Å². The molecule has 0 unspecified atom stereocenters. The molecule has 0 saturated heterocycles. The van der Waals surface area contributed by atoms with Crippen LogP contribution >= 0.6 is 23.2 Å². The molecule has 0 saturated carbocycles. The maximum Gasteiger partial charge on any atom is 0.416 e. The normalized spacial score (nSPS) is 11.5. The van der Waals surface area contributed by atoms with Crippen LogP contribution in [0.4, 0.5) is 18.9 Å². The third-order valence-electron chi connectivity index (χ3n) is 4.64. The Morgan fingerprint density at radius 3 is 2.32 bits per heavy atom. The van der Waals surface area contributed by atoms with Crippen LogP contribution in [0.15, 0.2) is 72.8 Å². The molecule has 0 aliphatic rings. The highest BCUT2D eigenvalue weighted by atomic mass is 35.5. The molecule has 8 heteroatoms. The fourth-order valence-electron chi connectivity index (χ4n) is 3.12. The molecule has 156 valence electrons. The van der Waals surface area contributed by atoms with E-state index in [0.29, 0.717) is 21.6 Å². The van der Waals surface area contributed by atoms with Gasteiger partial charge in [-0.05, 0) is 42.5 Å². The predicted octanol–water partition coefficient (Wildman–Crippen LogP) is 7.48. The molecule has 0 aliphatic carbocycles. The molecule has 0 spiro atoms. The summed E-state index contributed by atoms with van der Waals surface area (Å²) in [4.78, 5) is 17.7. The minimum Gasteiger partial charge on any atom is -0.321 e. The molecule has 3 nitrogen and oxygen atoms in total. The molecule has 3 aromatic carbocycles. The zero-order valence-electron chi connectivity index (χ0n) is 15.7. The Morgan fingerprint density at radius 2 is 1.61 bits per heavy atom. The van der Waals surface area contributed by atoms with Crippen molar-refractivity contribution in [3.05, 3.63) is 94.0 Å². The number of fused-ring (bicyclic) bond motifs is 1. The van der Waals surface area contributed by atoms with Crippen molar-refractivity contribution in [1.29, 1.82) is 0 Å². The van der Waals surface area contributed by atoms with Gasteiger partial charge in [0, 0.05) is 16.0 Å². The number of carbonyl (C=O) groups is 1. The van der Waals surface area contributed by atoms with Crippen molar-refractivity contribution in [2.24, 2.45) is 0 Å². The second kappa shape index (κ2) is 8.21. The monoisotopic (exact) mass is 460 g/mol. The van der Waals surface area contributed by atoms with Gasteiger partial charge >= 0.3 is 6.18 Å². The number of halogens is 5. The number of benzene rings is 3. The SMILES string of the molecule is O=C(Nc1cc(C(F)(F)F)ccc1Cl)c1cc(-c2ccc(Cl)cc2)nc2ccccc12. The fraction of sp³-hybridized carbons (Fsp3) is 0.0435. The van der Waals surface area contributed by atoms with Crippen molar-refractivity contribution in [2.45, 2.75) is 6.18 Å². The molecular formula is C23H13Cl2F3N2O. The Labute approximate surface area is 185 Å². The number of aromatic nitrogens is 1. The standard InChI is InChI=1S/C23H13Cl2F3N2O/c24-15-8-5-13(6-9-15)20-12-17(16-3-1-2-4-19(16)29-20)22(31)30-21-11-14(23(26,27)28)7-10-18(21)25/h1-12H,(H,30,31). The zero-order chi connectivity index (χ0) is 22.2. The number of pyridine rings is 1. The smallest absolute Gasteiger partial charge is 0.321 e. The van der Waals surface area contributed by atoms with E-state index in [1.807, 2.05) is 0 Å². The van der Waals surface area contributed by atoms with E-state index in [1.165, 1.54) is 0 Å². The Balaban J connectivity index is 1.78. The summed E-state index contributed by atoms with van der Waals surface area (Å²) in [7, 11) is 0. The number of hydrogen-bond donors (Lipinski definition) is 1. The van der Waals surface area contributed by atoms with E-state index in [9.17, 15) is 18.0 Å². The van der Waals surface area contributed by atoms with Gasteiger partial charge in [0.1, 0.15) is 0 Å². The van der Waals surface area contributed by atoms with Crippen LogP contribution < -0.4 is 5.32 Å². The molecule has 1 aromatic heterocycles. The molecule has 4 aromatic rings. The molecule has 0 aliphatic heterocycles. The Bertz CT molecular complexity index is 1290. The molecule has 0 radical (unpaired) electrons. The number of amides is 1.